The molecule has 0 atom stereocenters. The van der Waals surface area contributed by atoms with Crippen molar-refractivity contribution >= 4 is 23.4 Å². The summed E-state index contributed by atoms with van der Waals surface area (Å²) >= 11 is 0. The van der Waals surface area contributed by atoms with E-state index in [0.717, 1.165) is 18.7 Å². The minimum atomic E-state index is -0.341. The maximum Gasteiger partial charge on any atom is 0.338 e. The highest BCUT2D eigenvalue weighted by atomic mass is 16.5. The first kappa shape index (κ1) is 18.3. The molecule has 7 nitrogen and oxygen atoms in total. The topological polar surface area (TPSA) is 89.0 Å². The van der Waals surface area contributed by atoms with Crippen LogP contribution in [0.3, 0.4) is 0 Å². The van der Waals surface area contributed by atoms with E-state index in [1.54, 1.807) is 37.4 Å². The van der Waals surface area contributed by atoms with E-state index in [4.69, 9.17) is 4.74 Å². The Balaban J connectivity index is 1.56. The Morgan fingerprint density at radius 3 is 2.59 bits per heavy atom. The molecule has 138 valence electrons. The maximum absolute atomic E-state index is 11.7. The predicted molar refractivity (Wildman–Crippen MR) is 104 cm³/mol. The van der Waals surface area contributed by atoms with Crippen molar-refractivity contribution in [2.75, 3.05) is 23.8 Å². The molecule has 0 radical (unpaired) electrons. The van der Waals surface area contributed by atoms with Crippen LogP contribution in [0.25, 0.3) is 0 Å². The Labute approximate surface area is 157 Å². The lowest BCUT2D eigenvalue weighted by Crippen LogP contribution is -2.09. The number of carbonyl (C=O) groups is 1. The smallest absolute Gasteiger partial charge is 0.338 e. The number of nitrogens with one attached hydrogen (secondary N) is 2. The number of hydrogen-bond donors (Lipinski definition) is 2. The van der Waals surface area contributed by atoms with Crippen LogP contribution in [0.5, 0.6) is 0 Å². The van der Waals surface area contributed by atoms with Crippen LogP contribution in [-0.2, 0) is 11.2 Å². The van der Waals surface area contributed by atoms with Gasteiger partial charge in [-0.05, 0) is 43.2 Å². The van der Waals surface area contributed by atoms with Crippen LogP contribution in [0, 0.1) is 0 Å². The molecule has 0 aliphatic heterocycles. The Bertz CT molecular complexity index is 869. The standard InChI is InChI=1S/C20H21N5O2/c1-2-27-19(26)16-8-10-17(11-9-16)23-20-24-18(14-22-25-20)21-13-12-15-6-4-3-5-7-15/h3-11,14H,2,12-13H2,1H3,(H2,21,23,24,25). The van der Waals surface area contributed by atoms with E-state index in [0.29, 0.717) is 23.9 Å². The van der Waals surface area contributed by atoms with E-state index >= 15 is 0 Å². The molecule has 0 saturated heterocycles. The summed E-state index contributed by atoms with van der Waals surface area (Å²) < 4.78 is 4.97. The molecule has 0 unspecified atom stereocenters. The van der Waals surface area contributed by atoms with Gasteiger partial charge in [0.05, 0.1) is 18.4 Å². The molecule has 27 heavy (non-hydrogen) atoms. The van der Waals surface area contributed by atoms with Crippen LogP contribution in [-0.4, -0.2) is 34.3 Å². The number of rotatable bonds is 8. The molecular formula is C20H21N5O2. The number of esters is 1. The quantitative estimate of drug-likeness (QED) is 0.593. The van der Waals surface area contributed by atoms with E-state index in [9.17, 15) is 4.79 Å². The molecule has 0 aliphatic carbocycles. The summed E-state index contributed by atoms with van der Waals surface area (Å²) in [4.78, 5) is 16.1. The van der Waals surface area contributed by atoms with Gasteiger partial charge in [0.15, 0.2) is 5.82 Å². The minimum Gasteiger partial charge on any atom is -0.462 e. The van der Waals surface area contributed by atoms with Crippen molar-refractivity contribution in [3.05, 3.63) is 71.9 Å². The van der Waals surface area contributed by atoms with Gasteiger partial charge in [0.2, 0.25) is 5.95 Å². The molecule has 0 spiro atoms. The van der Waals surface area contributed by atoms with Crippen molar-refractivity contribution in [1.29, 1.82) is 0 Å². The fourth-order valence-corrected chi connectivity index (χ4v) is 2.45. The van der Waals surface area contributed by atoms with Gasteiger partial charge in [0.1, 0.15) is 0 Å². The van der Waals surface area contributed by atoms with Crippen LogP contribution in [0.2, 0.25) is 0 Å². The zero-order valence-corrected chi connectivity index (χ0v) is 15.1. The summed E-state index contributed by atoms with van der Waals surface area (Å²) in [5.41, 5.74) is 2.51. The van der Waals surface area contributed by atoms with Gasteiger partial charge in [0.25, 0.3) is 0 Å². The second-order valence-corrected chi connectivity index (χ2v) is 5.75. The normalized spacial score (nSPS) is 10.3. The van der Waals surface area contributed by atoms with Gasteiger partial charge in [-0.25, -0.2) is 4.79 Å². The fraction of sp³-hybridized carbons (Fsp3) is 0.200. The highest BCUT2D eigenvalue weighted by molar-refractivity contribution is 5.89. The number of aromatic nitrogens is 3. The number of hydrogen-bond acceptors (Lipinski definition) is 7. The SMILES string of the molecule is CCOC(=O)c1ccc(Nc2nncc(NCCc3ccccc3)n2)cc1. The summed E-state index contributed by atoms with van der Waals surface area (Å²) in [6.45, 7) is 2.87. The molecule has 2 N–H and O–H groups in total. The van der Waals surface area contributed by atoms with Crippen molar-refractivity contribution in [2.45, 2.75) is 13.3 Å². The zero-order valence-electron chi connectivity index (χ0n) is 15.1. The molecule has 3 rings (SSSR count). The van der Waals surface area contributed by atoms with Crippen LogP contribution in [0.1, 0.15) is 22.8 Å². The molecule has 0 aliphatic rings. The van der Waals surface area contributed by atoms with Gasteiger partial charge in [-0.2, -0.15) is 10.1 Å². The van der Waals surface area contributed by atoms with Gasteiger partial charge in [-0.1, -0.05) is 30.3 Å². The lowest BCUT2D eigenvalue weighted by molar-refractivity contribution is 0.0526. The Morgan fingerprint density at radius 1 is 1.07 bits per heavy atom. The lowest BCUT2D eigenvalue weighted by Gasteiger charge is -2.08. The third-order valence-electron chi connectivity index (χ3n) is 3.77. The Morgan fingerprint density at radius 2 is 1.85 bits per heavy atom. The van der Waals surface area contributed by atoms with Crippen LogP contribution >= 0.6 is 0 Å². The molecule has 0 fully saturated rings. The van der Waals surface area contributed by atoms with E-state index < -0.39 is 0 Å². The Hall–Kier alpha value is -3.48. The number of ether oxygens (including phenoxy) is 1. The van der Waals surface area contributed by atoms with E-state index in [2.05, 4.69) is 37.9 Å². The molecule has 0 bridgehead atoms. The maximum atomic E-state index is 11.7. The van der Waals surface area contributed by atoms with Gasteiger partial charge in [-0.15, -0.1) is 5.10 Å². The van der Waals surface area contributed by atoms with Crippen LogP contribution in [0.15, 0.2) is 60.8 Å². The molecule has 7 heteroatoms. The van der Waals surface area contributed by atoms with Crippen molar-refractivity contribution in [3.8, 4) is 0 Å². The van der Waals surface area contributed by atoms with Gasteiger partial charge in [-0.3, -0.25) is 0 Å². The van der Waals surface area contributed by atoms with Gasteiger partial charge < -0.3 is 15.4 Å². The van der Waals surface area contributed by atoms with E-state index in [-0.39, 0.29) is 5.97 Å². The molecule has 3 aromatic rings. The first-order chi connectivity index (χ1) is 13.2. The van der Waals surface area contributed by atoms with E-state index in [1.165, 1.54) is 5.56 Å². The average Bonchev–Trinajstić information content (AvgIpc) is 2.70. The minimum absolute atomic E-state index is 0.341. The fourth-order valence-electron chi connectivity index (χ4n) is 2.45. The average molecular weight is 363 g/mol. The van der Waals surface area contributed by atoms with Crippen molar-refractivity contribution < 1.29 is 9.53 Å². The molecule has 2 aromatic carbocycles. The monoisotopic (exact) mass is 363 g/mol. The molecular weight excluding hydrogens is 342 g/mol. The molecule has 1 heterocycles. The summed E-state index contributed by atoms with van der Waals surface area (Å²) in [7, 11) is 0. The summed E-state index contributed by atoms with van der Waals surface area (Å²) in [5, 5.41) is 14.3. The largest absolute Gasteiger partial charge is 0.462 e. The molecule has 1 aromatic heterocycles. The number of benzene rings is 2. The number of carbonyl (C=O) groups excluding carboxylic acids is 1. The lowest BCUT2D eigenvalue weighted by atomic mass is 10.1. The Kier molecular flexibility index (Phi) is 6.30. The first-order valence-electron chi connectivity index (χ1n) is 8.76. The zero-order chi connectivity index (χ0) is 18.9. The van der Waals surface area contributed by atoms with Gasteiger partial charge >= 0.3 is 5.97 Å². The third-order valence-corrected chi connectivity index (χ3v) is 3.77. The predicted octanol–water partition coefficient (Wildman–Crippen LogP) is 3.45. The second kappa shape index (κ2) is 9.28. The summed E-state index contributed by atoms with van der Waals surface area (Å²) in [5.74, 6) is 0.682. The van der Waals surface area contributed by atoms with Crippen molar-refractivity contribution in [1.82, 2.24) is 15.2 Å². The van der Waals surface area contributed by atoms with E-state index in [1.807, 2.05) is 18.2 Å². The van der Waals surface area contributed by atoms with Crippen LogP contribution < -0.4 is 10.6 Å². The summed E-state index contributed by atoms with van der Waals surface area (Å²) in [6.07, 6.45) is 2.48. The third kappa shape index (κ3) is 5.50. The highest BCUT2D eigenvalue weighted by Gasteiger charge is 2.06. The molecule has 0 saturated carbocycles. The molecule has 0 amide bonds. The second-order valence-electron chi connectivity index (χ2n) is 5.75. The van der Waals surface area contributed by atoms with Crippen LogP contribution in [0.4, 0.5) is 17.5 Å². The van der Waals surface area contributed by atoms with Gasteiger partial charge in [0, 0.05) is 12.2 Å². The van der Waals surface area contributed by atoms with Crippen molar-refractivity contribution in [3.63, 3.8) is 0 Å². The van der Waals surface area contributed by atoms with Crippen molar-refractivity contribution in [2.24, 2.45) is 0 Å². The number of anilines is 3. The first-order valence-corrected chi connectivity index (χ1v) is 8.76. The number of nitrogens with zero attached hydrogens (tertiary/aromatic N) is 3. The summed E-state index contributed by atoms with van der Waals surface area (Å²) in [6, 6.07) is 17.2. The highest BCUT2D eigenvalue weighted by Crippen LogP contribution is 2.15.